The Morgan fingerprint density at radius 1 is 1.42 bits per heavy atom. The van der Waals surface area contributed by atoms with Gasteiger partial charge >= 0.3 is 0 Å². The molecule has 0 unspecified atom stereocenters. The highest BCUT2D eigenvalue weighted by molar-refractivity contribution is 7.07. The molecule has 2 aliphatic rings. The maximum absolute atomic E-state index is 12.2. The third-order valence-electron chi connectivity index (χ3n) is 4.05. The Morgan fingerprint density at radius 2 is 2.21 bits per heavy atom. The number of carbonyl (C=O) groups excluding carboxylic acids is 1. The molecule has 5 nitrogen and oxygen atoms in total. The first-order valence-electron chi connectivity index (χ1n) is 6.69. The fourth-order valence-corrected chi connectivity index (χ4v) is 3.46. The van der Waals surface area contributed by atoms with Gasteiger partial charge in [-0.2, -0.15) is 0 Å². The van der Waals surface area contributed by atoms with Gasteiger partial charge in [0.2, 0.25) is 0 Å². The molecule has 0 atom stereocenters. The molecule has 3 rings (SSSR count). The van der Waals surface area contributed by atoms with Crippen LogP contribution in [0.1, 0.15) is 23.3 Å². The van der Waals surface area contributed by atoms with Gasteiger partial charge in [0.1, 0.15) is 5.69 Å². The number of thiazole rings is 1. The topological polar surface area (TPSA) is 45.7 Å². The van der Waals surface area contributed by atoms with Crippen molar-refractivity contribution in [3.8, 4) is 0 Å². The zero-order valence-corrected chi connectivity index (χ0v) is 12.0. The van der Waals surface area contributed by atoms with Gasteiger partial charge < -0.3 is 14.5 Å². The summed E-state index contributed by atoms with van der Waals surface area (Å²) in [6.07, 6.45) is 1.85. The molecule has 104 valence electrons. The van der Waals surface area contributed by atoms with Gasteiger partial charge in [-0.3, -0.25) is 4.79 Å². The molecule has 0 bridgehead atoms. The quantitative estimate of drug-likeness (QED) is 0.773. The average Bonchev–Trinajstić information content (AvgIpc) is 2.92. The van der Waals surface area contributed by atoms with Crippen molar-refractivity contribution >= 4 is 17.2 Å². The highest BCUT2D eigenvalue weighted by Gasteiger charge is 2.39. The van der Waals surface area contributed by atoms with Gasteiger partial charge in [-0.05, 0) is 19.9 Å². The number of hydrogen-bond donors (Lipinski definition) is 0. The summed E-state index contributed by atoms with van der Waals surface area (Å²) in [5, 5.41) is 1.82. The molecule has 3 heterocycles. The van der Waals surface area contributed by atoms with Crippen LogP contribution in [-0.4, -0.2) is 66.1 Å². The summed E-state index contributed by atoms with van der Waals surface area (Å²) in [6, 6.07) is 0. The van der Waals surface area contributed by atoms with E-state index in [1.165, 1.54) is 11.3 Å². The molecule has 0 N–H and O–H groups in total. The Hall–Kier alpha value is -0.980. The Labute approximate surface area is 117 Å². The van der Waals surface area contributed by atoms with E-state index < -0.39 is 0 Å². The van der Waals surface area contributed by atoms with Crippen molar-refractivity contribution in [2.75, 3.05) is 39.8 Å². The van der Waals surface area contributed by atoms with Gasteiger partial charge in [-0.25, -0.2) is 4.98 Å². The van der Waals surface area contributed by atoms with Crippen molar-refractivity contribution in [1.29, 1.82) is 0 Å². The lowest BCUT2D eigenvalue weighted by atomic mass is 9.89. The van der Waals surface area contributed by atoms with E-state index in [2.05, 4.69) is 16.9 Å². The molecule has 0 aliphatic carbocycles. The first-order chi connectivity index (χ1) is 9.19. The van der Waals surface area contributed by atoms with Crippen molar-refractivity contribution in [2.45, 2.75) is 18.4 Å². The third-order valence-corrected chi connectivity index (χ3v) is 4.64. The van der Waals surface area contributed by atoms with Crippen LogP contribution < -0.4 is 0 Å². The van der Waals surface area contributed by atoms with Crippen molar-refractivity contribution in [1.82, 2.24) is 14.8 Å². The summed E-state index contributed by atoms with van der Waals surface area (Å²) < 4.78 is 6.00. The van der Waals surface area contributed by atoms with E-state index in [1.807, 2.05) is 10.3 Å². The first-order valence-corrected chi connectivity index (χ1v) is 7.63. The maximum Gasteiger partial charge on any atom is 0.273 e. The summed E-state index contributed by atoms with van der Waals surface area (Å²) in [5.41, 5.74) is 2.24. The van der Waals surface area contributed by atoms with E-state index in [0.29, 0.717) is 5.69 Å². The van der Waals surface area contributed by atoms with Crippen LogP contribution in [0.2, 0.25) is 0 Å². The molecule has 0 aromatic carbocycles. The molecule has 19 heavy (non-hydrogen) atoms. The van der Waals surface area contributed by atoms with Crippen LogP contribution in [0.5, 0.6) is 0 Å². The number of nitrogens with zero attached hydrogens (tertiary/aromatic N) is 3. The molecule has 1 aromatic heterocycles. The number of likely N-dealkylation sites (N-methyl/N-ethyl adjacent to an activating group) is 1. The number of morpholine rings is 1. The summed E-state index contributed by atoms with van der Waals surface area (Å²) in [6.45, 7) is 4.32. The molecule has 2 aliphatic heterocycles. The second-order valence-corrected chi connectivity index (χ2v) is 6.15. The van der Waals surface area contributed by atoms with Gasteiger partial charge in [0, 0.05) is 31.6 Å². The van der Waals surface area contributed by atoms with Gasteiger partial charge in [-0.1, -0.05) is 0 Å². The molecule has 1 aromatic rings. The van der Waals surface area contributed by atoms with Gasteiger partial charge in [-0.15, -0.1) is 11.3 Å². The van der Waals surface area contributed by atoms with Crippen LogP contribution in [0, 0.1) is 0 Å². The summed E-state index contributed by atoms with van der Waals surface area (Å²) in [5.74, 6) is 0.0558. The molecule has 2 saturated heterocycles. The minimum absolute atomic E-state index is 0.0359. The van der Waals surface area contributed by atoms with Crippen LogP contribution in [0.15, 0.2) is 10.9 Å². The summed E-state index contributed by atoms with van der Waals surface area (Å²) in [7, 11) is 2.14. The first kappa shape index (κ1) is 13.0. The lowest BCUT2D eigenvalue weighted by molar-refractivity contribution is -0.127. The highest BCUT2D eigenvalue weighted by atomic mass is 32.1. The average molecular weight is 281 g/mol. The molecular weight excluding hydrogens is 262 g/mol. The Bertz CT molecular complexity index is 441. The monoisotopic (exact) mass is 281 g/mol. The fourth-order valence-electron chi connectivity index (χ4n) is 2.93. The van der Waals surface area contributed by atoms with Crippen LogP contribution in [0.3, 0.4) is 0 Å². The smallest absolute Gasteiger partial charge is 0.273 e. The van der Waals surface area contributed by atoms with Crippen molar-refractivity contribution in [3.63, 3.8) is 0 Å². The maximum atomic E-state index is 12.2. The SMILES string of the molecule is CN1CCOC2(CCN(C(=O)c3cscn3)CC2)C1. The van der Waals surface area contributed by atoms with E-state index >= 15 is 0 Å². The molecule has 0 radical (unpaired) electrons. The second-order valence-electron chi connectivity index (χ2n) is 5.44. The Balaban J connectivity index is 1.61. The number of amides is 1. The fraction of sp³-hybridized carbons (Fsp3) is 0.692. The number of hydrogen-bond acceptors (Lipinski definition) is 5. The molecule has 0 saturated carbocycles. The van der Waals surface area contributed by atoms with Crippen molar-refractivity contribution in [2.24, 2.45) is 0 Å². The minimum atomic E-state index is -0.0359. The minimum Gasteiger partial charge on any atom is -0.372 e. The zero-order valence-electron chi connectivity index (χ0n) is 11.2. The van der Waals surface area contributed by atoms with Crippen LogP contribution in [0.4, 0.5) is 0 Å². The second kappa shape index (κ2) is 5.19. The summed E-state index contributed by atoms with van der Waals surface area (Å²) >= 11 is 1.46. The highest BCUT2D eigenvalue weighted by Crippen LogP contribution is 2.30. The molecule has 1 amide bonds. The van der Waals surface area contributed by atoms with Crippen LogP contribution in [-0.2, 0) is 4.74 Å². The molecule has 6 heteroatoms. The lowest BCUT2D eigenvalue weighted by Crippen LogP contribution is -2.56. The standard InChI is InChI=1S/C13H19N3O2S/c1-15-6-7-18-13(9-15)2-4-16(5-3-13)12(17)11-8-19-10-14-11/h8,10H,2-7,9H2,1H3. The Kier molecular flexibility index (Phi) is 3.56. The zero-order chi connectivity index (χ0) is 13.3. The number of aromatic nitrogens is 1. The predicted molar refractivity (Wildman–Crippen MR) is 73.4 cm³/mol. The Morgan fingerprint density at radius 3 is 2.84 bits per heavy atom. The number of rotatable bonds is 1. The van der Waals surface area contributed by atoms with Gasteiger partial charge in [0.15, 0.2) is 0 Å². The van der Waals surface area contributed by atoms with E-state index in [1.54, 1.807) is 5.51 Å². The van der Waals surface area contributed by atoms with Gasteiger partial charge in [0.25, 0.3) is 5.91 Å². The van der Waals surface area contributed by atoms with E-state index in [-0.39, 0.29) is 11.5 Å². The van der Waals surface area contributed by atoms with Gasteiger partial charge in [0.05, 0.1) is 17.7 Å². The van der Waals surface area contributed by atoms with Crippen molar-refractivity contribution in [3.05, 3.63) is 16.6 Å². The van der Waals surface area contributed by atoms with E-state index in [4.69, 9.17) is 4.74 Å². The lowest BCUT2D eigenvalue weighted by Gasteiger charge is -2.46. The largest absolute Gasteiger partial charge is 0.372 e. The molecular formula is C13H19N3O2S. The third kappa shape index (κ3) is 2.66. The summed E-state index contributed by atoms with van der Waals surface area (Å²) in [4.78, 5) is 20.5. The molecule has 1 spiro atoms. The normalized spacial score (nSPS) is 23.7. The molecule has 2 fully saturated rings. The number of likely N-dealkylation sites (tertiary alicyclic amines) is 1. The predicted octanol–water partition coefficient (Wildman–Crippen LogP) is 1.08. The van der Waals surface area contributed by atoms with E-state index in [0.717, 1.165) is 45.6 Å². The van der Waals surface area contributed by atoms with E-state index in [9.17, 15) is 4.79 Å². The number of ether oxygens (including phenoxy) is 1. The van der Waals surface area contributed by atoms with Crippen LogP contribution >= 0.6 is 11.3 Å². The number of piperidine rings is 1. The van der Waals surface area contributed by atoms with Crippen LogP contribution in [0.25, 0.3) is 0 Å². The number of carbonyl (C=O) groups is 1. The van der Waals surface area contributed by atoms with Crippen molar-refractivity contribution < 1.29 is 9.53 Å².